The molecule has 19 heavy (non-hydrogen) atoms. The molecule has 0 aromatic heterocycles. The minimum absolute atomic E-state index is 0.430. The first kappa shape index (κ1) is 16.0. The Kier molecular flexibility index (Phi) is 5.38. The molecule has 5 heteroatoms. The number of rotatable bonds is 7. The number of ether oxygens (including phenoxy) is 1. The van der Waals surface area contributed by atoms with Crippen molar-refractivity contribution in [2.24, 2.45) is 0 Å². The van der Waals surface area contributed by atoms with Crippen molar-refractivity contribution in [2.75, 3.05) is 19.4 Å². The Bertz CT molecular complexity index is 492. The average molecular weight is 285 g/mol. The highest BCUT2D eigenvalue weighted by Crippen LogP contribution is 2.15. The third kappa shape index (κ3) is 4.84. The lowest BCUT2D eigenvalue weighted by molar-refractivity contribution is 0.340. The second-order valence-electron chi connectivity index (χ2n) is 5.21. The quantitative estimate of drug-likeness (QED) is 0.832. The lowest BCUT2D eigenvalue weighted by Crippen LogP contribution is -2.41. The van der Waals surface area contributed by atoms with E-state index in [0.717, 1.165) is 11.3 Å². The maximum absolute atomic E-state index is 11.6. The molecule has 0 aliphatic carbocycles. The fourth-order valence-corrected chi connectivity index (χ4v) is 1.87. The van der Waals surface area contributed by atoms with Gasteiger partial charge in [0.2, 0.25) is 0 Å². The van der Waals surface area contributed by atoms with Crippen LogP contribution in [0.1, 0.15) is 26.3 Å². The summed E-state index contributed by atoms with van der Waals surface area (Å²) in [5.74, 6) is 0.850. The molecule has 0 saturated carbocycles. The van der Waals surface area contributed by atoms with Crippen LogP contribution < -0.4 is 10.1 Å². The van der Waals surface area contributed by atoms with Gasteiger partial charge in [0.15, 0.2) is 9.84 Å². The van der Waals surface area contributed by atoms with Gasteiger partial charge < -0.3 is 10.1 Å². The number of nitrogens with one attached hydrogen (secondary N) is 1. The predicted octanol–water partition coefficient (Wildman–Crippen LogP) is 2.00. The Morgan fingerprint density at radius 2 is 1.79 bits per heavy atom. The summed E-state index contributed by atoms with van der Waals surface area (Å²) in [6.45, 7) is 7.13. The molecule has 0 fully saturated rings. The molecule has 0 spiro atoms. The Balaban J connectivity index is 2.50. The summed E-state index contributed by atoms with van der Waals surface area (Å²) in [6, 6.07) is 7.79. The number of hydrogen-bond acceptors (Lipinski definition) is 4. The Morgan fingerprint density at radius 1 is 1.21 bits per heavy atom. The van der Waals surface area contributed by atoms with E-state index >= 15 is 0 Å². The van der Waals surface area contributed by atoms with Gasteiger partial charge >= 0.3 is 0 Å². The zero-order chi connectivity index (χ0) is 14.5. The van der Waals surface area contributed by atoms with Crippen molar-refractivity contribution in [3.63, 3.8) is 0 Å². The first-order valence-corrected chi connectivity index (χ1v) is 8.27. The third-order valence-electron chi connectivity index (χ3n) is 3.12. The zero-order valence-electron chi connectivity index (χ0n) is 12.1. The summed E-state index contributed by atoms with van der Waals surface area (Å²) in [6.07, 6.45) is 1.27. The minimum Gasteiger partial charge on any atom is -0.494 e. The van der Waals surface area contributed by atoms with Crippen molar-refractivity contribution in [1.29, 1.82) is 0 Å². The molecule has 0 aliphatic rings. The molecule has 0 heterocycles. The Labute approximate surface area is 116 Å². The molecule has 1 N–H and O–H groups in total. The van der Waals surface area contributed by atoms with E-state index in [4.69, 9.17) is 4.74 Å². The monoisotopic (exact) mass is 285 g/mol. The minimum atomic E-state index is -3.05. The van der Waals surface area contributed by atoms with E-state index in [2.05, 4.69) is 5.32 Å². The largest absolute Gasteiger partial charge is 0.494 e. The molecule has 0 bridgehead atoms. The molecule has 0 atom stereocenters. The van der Waals surface area contributed by atoms with Crippen molar-refractivity contribution >= 4 is 9.84 Å². The maximum atomic E-state index is 11.6. The fraction of sp³-hybridized carbons (Fsp3) is 0.571. The fourth-order valence-electron chi connectivity index (χ4n) is 1.51. The summed E-state index contributed by atoms with van der Waals surface area (Å²) < 4.78 is 27.7. The van der Waals surface area contributed by atoms with Gasteiger partial charge in [0.05, 0.1) is 11.4 Å². The molecule has 1 rings (SSSR count). The Morgan fingerprint density at radius 3 is 2.26 bits per heavy atom. The highest BCUT2D eigenvalue weighted by molar-refractivity contribution is 7.92. The van der Waals surface area contributed by atoms with Crippen LogP contribution in [0.15, 0.2) is 24.3 Å². The van der Waals surface area contributed by atoms with Crippen LogP contribution >= 0.6 is 0 Å². The van der Waals surface area contributed by atoms with Gasteiger partial charge in [0, 0.05) is 19.3 Å². The van der Waals surface area contributed by atoms with Crippen LogP contribution in [0.5, 0.6) is 5.75 Å². The van der Waals surface area contributed by atoms with E-state index in [-0.39, 0.29) is 0 Å². The summed E-state index contributed by atoms with van der Waals surface area (Å²) in [5.41, 5.74) is 1.10. The van der Waals surface area contributed by atoms with Crippen LogP contribution in [-0.2, 0) is 16.4 Å². The van der Waals surface area contributed by atoms with Crippen LogP contribution in [0.3, 0.4) is 0 Å². The molecule has 1 aromatic rings. The van der Waals surface area contributed by atoms with Crippen LogP contribution in [0.2, 0.25) is 0 Å². The van der Waals surface area contributed by atoms with Crippen molar-refractivity contribution < 1.29 is 13.2 Å². The molecule has 0 aliphatic heterocycles. The van der Waals surface area contributed by atoms with Gasteiger partial charge in [-0.25, -0.2) is 8.42 Å². The van der Waals surface area contributed by atoms with Gasteiger partial charge in [-0.05, 0) is 38.5 Å². The van der Waals surface area contributed by atoms with Crippen LogP contribution in [-0.4, -0.2) is 32.6 Å². The normalized spacial score (nSPS) is 12.4. The SMILES string of the molecule is CCOc1ccc(CNCC(C)(C)S(C)(=O)=O)cc1. The van der Waals surface area contributed by atoms with E-state index in [1.807, 2.05) is 31.2 Å². The van der Waals surface area contributed by atoms with Crippen molar-refractivity contribution in [1.82, 2.24) is 5.32 Å². The standard InChI is InChI=1S/C14H23NO3S/c1-5-18-13-8-6-12(7-9-13)10-15-11-14(2,3)19(4,16)17/h6-9,15H,5,10-11H2,1-4H3. The molecular weight excluding hydrogens is 262 g/mol. The van der Waals surface area contributed by atoms with E-state index in [9.17, 15) is 8.42 Å². The summed E-state index contributed by atoms with van der Waals surface area (Å²) in [7, 11) is -3.05. The van der Waals surface area contributed by atoms with Crippen molar-refractivity contribution in [3.8, 4) is 5.75 Å². The summed E-state index contributed by atoms with van der Waals surface area (Å²) >= 11 is 0. The Hall–Kier alpha value is -1.07. The summed E-state index contributed by atoms with van der Waals surface area (Å²) in [5, 5.41) is 3.18. The molecule has 0 radical (unpaired) electrons. The topological polar surface area (TPSA) is 55.4 Å². The van der Waals surface area contributed by atoms with Crippen molar-refractivity contribution in [2.45, 2.75) is 32.1 Å². The van der Waals surface area contributed by atoms with E-state index < -0.39 is 14.6 Å². The predicted molar refractivity (Wildman–Crippen MR) is 78.2 cm³/mol. The molecule has 4 nitrogen and oxygen atoms in total. The van der Waals surface area contributed by atoms with Gasteiger partial charge in [-0.1, -0.05) is 12.1 Å². The second kappa shape index (κ2) is 6.39. The third-order valence-corrected chi connectivity index (χ3v) is 5.27. The van der Waals surface area contributed by atoms with E-state index in [0.29, 0.717) is 19.7 Å². The van der Waals surface area contributed by atoms with Gasteiger partial charge in [-0.15, -0.1) is 0 Å². The molecule has 108 valence electrons. The lowest BCUT2D eigenvalue weighted by atomic mass is 10.2. The van der Waals surface area contributed by atoms with Crippen molar-refractivity contribution in [3.05, 3.63) is 29.8 Å². The van der Waals surface area contributed by atoms with Crippen LogP contribution in [0, 0.1) is 0 Å². The van der Waals surface area contributed by atoms with Gasteiger partial charge in [-0.2, -0.15) is 0 Å². The molecule has 1 aromatic carbocycles. The summed E-state index contributed by atoms with van der Waals surface area (Å²) in [4.78, 5) is 0. The first-order valence-electron chi connectivity index (χ1n) is 6.38. The van der Waals surface area contributed by atoms with E-state index in [1.54, 1.807) is 13.8 Å². The molecule has 0 unspecified atom stereocenters. The number of sulfone groups is 1. The van der Waals surface area contributed by atoms with Gasteiger partial charge in [-0.3, -0.25) is 0 Å². The van der Waals surface area contributed by atoms with Crippen LogP contribution in [0.4, 0.5) is 0 Å². The lowest BCUT2D eigenvalue weighted by Gasteiger charge is -2.22. The molecule has 0 saturated heterocycles. The molecular formula is C14H23NO3S. The highest BCUT2D eigenvalue weighted by Gasteiger charge is 2.29. The zero-order valence-corrected chi connectivity index (χ0v) is 12.9. The van der Waals surface area contributed by atoms with Gasteiger partial charge in [0.1, 0.15) is 5.75 Å². The first-order chi connectivity index (χ1) is 8.76. The second-order valence-corrected chi connectivity index (χ2v) is 7.86. The molecule has 0 amide bonds. The smallest absolute Gasteiger partial charge is 0.153 e. The van der Waals surface area contributed by atoms with E-state index in [1.165, 1.54) is 6.26 Å². The highest BCUT2D eigenvalue weighted by atomic mass is 32.2. The van der Waals surface area contributed by atoms with Crippen LogP contribution in [0.25, 0.3) is 0 Å². The maximum Gasteiger partial charge on any atom is 0.153 e. The average Bonchev–Trinajstić information content (AvgIpc) is 2.30. The van der Waals surface area contributed by atoms with Gasteiger partial charge in [0.25, 0.3) is 0 Å². The number of hydrogen-bond donors (Lipinski definition) is 1. The number of benzene rings is 1.